The van der Waals surface area contributed by atoms with Gasteiger partial charge in [-0.2, -0.15) is 0 Å². The number of nitrogens with zero attached hydrogens (tertiary/aromatic N) is 1. The van der Waals surface area contributed by atoms with Gasteiger partial charge in [0.05, 0.1) is 6.42 Å². The molecule has 0 amide bonds. The molecule has 18 heavy (non-hydrogen) atoms. The first-order valence-corrected chi connectivity index (χ1v) is 6.96. The number of piperidine rings is 1. The first kappa shape index (κ1) is 15.4. The number of likely N-dealkylation sites (tertiary alicyclic amines) is 1. The van der Waals surface area contributed by atoms with Gasteiger partial charge in [-0.25, -0.2) is 0 Å². The SMILES string of the molecule is CC(C)(C)OC(=O)CCN1CCC(CCO)CC1. The van der Waals surface area contributed by atoms with E-state index in [0.29, 0.717) is 18.9 Å². The van der Waals surface area contributed by atoms with Crippen molar-refractivity contribution in [3.05, 3.63) is 0 Å². The zero-order chi connectivity index (χ0) is 13.6. The molecule has 1 saturated heterocycles. The van der Waals surface area contributed by atoms with E-state index in [4.69, 9.17) is 9.84 Å². The van der Waals surface area contributed by atoms with Crippen LogP contribution in [0.15, 0.2) is 0 Å². The van der Waals surface area contributed by atoms with Crippen LogP contribution in [0.3, 0.4) is 0 Å². The molecular weight excluding hydrogens is 230 g/mol. The van der Waals surface area contributed by atoms with Gasteiger partial charge >= 0.3 is 5.97 Å². The molecule has 4 heteroatoms. The van der Waals surface area contributed by atoms with Crippen LogP contribution in [0, 0.1) is 5.92 Å². The van der Waals surface area contributed by atoms with Crippen molar-refractivity contribution < 1.29 is 14.6 Å². The molecule has 1 rings (SSSR count). The van der Waals surface area contributed by atoms with Crippen LogP contribution in [0.5, 0.6) is 0 Å². The van der Waals surface area contributed by atoms with Gasteiger partial charge in [0.2, 0.25) is 0 Å². The number of aliphatic hydroxyl groups excluding tert-OH is 1. The van der Waals surface area contributed by atoms with Crippen molar-refractivity contribution in [1.29, 1.82) is 0 Å². The second kappa shape index (κ2) is 7.10. The third-order valence-corrected chi connectivity index (χ3v) is 3.30. The van der Waals surface area contributed by atoms with Crippen molar-refractivity contribution in [3.8, 4) is 0 Å². The predicted octanol–water partition coefficient (Wildman–Crippen LogP) is 1.81. The average Bonchev–Trinajstić information content (AvgIpc) is 2.26. The molecule has 0 aromatic carbocycles. The Labute approximate surface area is 110 Å². The van der Waals surface area contributed by atoms with Crippen LogP contribution in [0.25, 0.3) is 0 Å². The highest BCUT2D eigenvalue weighted by molar-refractivity contribution is 5.70. The number of aliphatic hydroxyl groups is 1. The number of rotatable bonds is 5. The third kappa shape index (κ3) is 6.36. The van der Waals surface area contributed by atoms with Crippen molar-refractivity contribution in [1.82, 2.24) is 4.90 Å². The third-order valence-electron chi connectivity index (χ3n) is 3.30. The molecule has 0 spiro atoms. The van der Waals surface area contributed by atoms with Gasteiger partial charge in [0.25, 0.3) is 0 Å². The van der Waals surface area contributed by atoms with Crippen LogP contribution in [0.1, 0.15) is 46.5 Å². The number of carbonyl (C=O) groups excluding carboxylic acids is 1. The van der Waals surface area contributed by atoms with E-state index >= 15 is 0 Å². The van der Waals surface area contributed by atoms with Gasteiger partial charge in [0.15, 0.2) is 0 Å². The Morgan fingerprint density at radius 1 is 1.33 bits per heavy atom. The molecule has 1 aliphatic heterocycles. The van der Waals surface area contributed by atoms with E-state index in [1.165, 1.54) is 0 Å². The number of ether oxygens (including phenoxy) is 1. The van der Waals surface area contributed by atoms with Crippen LogP contribution in [0.4, 0.5) is 0 Å². The fourth-order valence-electron chi connectivity index (χ4n) is 2.32. The first-order chi connectivity index (χ1) is 8.40. The van der Waals surface area contributed by atoms with Gasteiger partial charge in [-0.1, -0.05) is 0 Å². The van der Waals surface area contributed by atoms with E-state index in [2.05, 4.69) is 4.90 Å². The van der Waals surface area contributed by atoms with Gasteiger partial charge < -0.3 is 14.7 Å². The number of carbonyl (C=O) groups is 1. The summed E-state index contributed by atoms with van der Waals surface area (Å²) in [5.74, 6) is 0.549. The van der Waals surface area contributed by atoms with Gasteiger partial charge in [-0.3, -0.25) is 4.79 Å². The minimum Gasteiger partial charge on any atom is -0.460 e. The molecule has 0 radical (unpaired) electrons. The second-order valence-electron chi connectivity index (χ2n) is 6.13. The quantitative estimate of drug-likeness (QED) is 0.763. The molecule has 0 aliphatic carbocycles. The topological polar surface area (TPSA) is 49.8 Å². The summed E-state index contributed by atoms with van der Waals surface area (Å²) in [5.41, 5.74) is -0.384. The Morgan fingerprint density at radius 2 is 1.94 bits per heavy atom. The normalized spacial score (nSPS) is 18.9. The van der Waals surface area contributed by atoms with Crippen molar-refractivity contribution >= 4 is 5.97 Å². The highest BCUT2D eigenvalue weighted by Gasteiger charge is 2.21. The highest BCUT2D eigenvalue weighted by Crippen LogP contribution is 2.20. The van der Waals surface area contributed by atoms with E-state index < -0.39 is 0 Å². The van der Waals surface area contributed by atoms with Gasteiger partial charge in [-0.15, -0.1) is 0 Å². The van der Waals surface area contributed by atoms with E-state index in [0.717, 1.165) is 38.9 Å². The minimum atomic E-state index is -0.384. The molecule has 1 heterocycles. The summed E-state index contributed by atoms with van der Waals surface area (Å²) < 4.78 is 5.29. The van der Waals surface area contributed by atoms with Gasteiger partial charge in [-0.05, 0) is 59.0 Å². The molecule has 0 aromatic rings. The number of hydrogen-bond acceptors (Lipinski definition) is 4. The lowest BCUT2D eigenvalue weighted by Gasteiger charge is -2.31. The summed E-state index contributed by atoms with van der Waals surface area (Å²) in [6, 6.07) is 0. The average molecular weight is 257 g/mol. The zero-order valence-corrected chi connectivity index (χ0v) is 11.9. The Kier molecular flexibility index (Phi) is 6.09. The summed E-state index contributed by atoms with van der Waals surface area (Å²) in [5, 5.41) is 8.89. The Bertz CT molecular complexity index is 252. The molecule has 0 aromatic heterocycles. The maximum atomic E-state index is 11.6. The molecule has 0 unspecified atom stereocenters. The van der Waals surface area contributed by atoms with Gasteiger partial charge in [0.1, 0.15) is 5.60 Å². The van der Waals surface area contributed by atoms with Crippen LogP contribution >= 0.6 is 0 Å². The van der Waals surface area contributed by atoms with Crippen LogP contribution < -0.4 is 0 Å². The molecule has 1 aliphatic rings. The number of esters is 1. The van der Waals surface area contributed by atoms with Crippen LogP contribution in [-0.2, 0) is 9.53 Å². The second-order valence-corrected chi connectivity index (χ2v) is 6.13. The zero-order valence-electron chi connectivity index (χ0n) is 11.9. The van der Waals surface area contributed by atoms with E-state index in [1.54, 1.807) is 0 Å². The van der Waals surface area contributed by atoms with E-state index in [-0.39, 0.29) is 11.6 Å². The summed E-state index contributed by atoms with van der Waals surface area (Å²) >= 11 is 0. The largest absolute Gasteiger partial charge is 0.460 e. The summed E-state index contributed by atoms with van der Waals surface area (Å²) in [7, 11) is 0. The highest BCUT2D eigenvalue weighted by atomic mass is 16.6. The van der Waals surface area contributed by atoms with Crippen molar-refractivity contribution in [2.45, 2.75) is 52.1 Å². The lowest BCUT2D eigenvalue weighted by molar-refractivity contribution is -0.155. The monoisotopic (exact) mass is 257 g/mol. The lowest BCUT2D eigenvalue weighted by atomic mass is 9.94. The Balaban J connectivity index is 2.16. The predicted molar refractivity (Wildman–Crippen MR) is 71.3 cm³/mol. The first-order valence-electron chi connectivity index (χ1n) is 6.96. The van der Waals surface area contributed by atoms with Crippen LogP contribution in [-0.4, -0.2) is 47.8 Å². The van der Waals surface area contributed by atoms with E-state index in [1.807, 2.05) is 20.8 Å². The molecule has 106 valence electrons. The number of hydrogen-bond donors (Lipinski definition) is 1. The van der Waals surface area contributed by atoms with Crippen molar-refractivity contribution in [3.63, 3.8) is 0 Å². The Hall–Kier alpha value is -0.610. The minimum absolute atomic E-state index is 0.111. The molecule has 4 nitrogen and oxygen atoms in total. The smallest absolute Gasteiger partial charge is 0.307 e. The summed E-state index contributed by atoms with van der Waals surface area (Å²) in [4.78, 5) is 13.9. The molecule has 0 atom stereocenters. The molecule has 0 saturated carbocycles. The summed E-state index contributed by atoms with van der Waals surface area (Å²) in [6.45, 7) is 8.84. The van der Waals surface area contributed by atoms with Gasteiger partial charge in [0, 0.05) is 13.2 Å². The van der Waals surface area contributed by atoms with Crippen molar-refractivity contribution in [2.75, 3.05) is 26.2 Å². The van der Waals surface area contributed by atoms with E-state index in [9.17, 15) is 4.79 Å². The molecular formula is C14H27NO3. The fraction of sp³-hybridized carbons (Fsp3) is 0.929. The fourth-order valence-corrected chi connectivity index (χ4v) is 2.32. The standard InChI is InChI=1S/C14H27NO3/c1-14(2,3)18-13(17)6-10-15-8-4-12(5-9-15)7-11-16/h12,16H,4-11H2,1-3H3. The lowest BCUT2D eigenvalue weighted by Crippen LogP contribution is -2.36. The Morgan fingerprint density at radius 3 is 2.44 bits per heavy atom. The van der Waals surface area contributed by atoms with Crippen molar-refractivity contribution in [2.24, 2.45) is 5.92 Å². The van der Waals surface area contributed by atoms with Crippen LogP contribution in [0.2, 0.25) is 0 Å². The summed E-state index contributed by atoms with van der Waals surface area (Å²) in [6.07, 6.45) is 3.66. The maximum absolute atomic E-state index is 11.6. The molecule has 1 fully saturated rings. The molecule has 0 bridgehead atoms. The molecule has 1 N–H and O–H groups in total. The maximum Gasteiger partial charge on any atom is 0.307 e.